The van der Waals surface area contributed by atoms with Crippen LogP contribution in [-0.2, 0) is 6.42 Å². The molecule has 2 rings (SSSR count). The molecular formula is C15H14FNO. The van der Waals surface area contributed by atoms with E-state index in [2.05, 4.69) is 0 Å². The number of carbonyl (C=O) groups is 1. The Kier molecular flexibility index (Phi) is 3.42. The van der Waals surface area contributed by atoms with E-state index in [1.807, 2.05) is 13.0 Å². The number of benzene rings is 2. The first kappa shape index (κ1) is 12.3. The van der Waals surface area contributed by atoms with E-state index < -0.39 is 5.91 Å². The molecule has 0 aliphatic carbocycles. The molecule has 0 heterocycles. The van der Waals surface area contributed by atoms with Gasteiger partial charge in [0.15, 0.2) is 0 Å². The fourth-order valence-electron chi connectivity index (χ4n) is 1.85. The summed E-state index contributed by atoms with van der Waals surface area (Å²) in [4.78, 5) is 11.1. The Morgan fingerprint density at radius 3 is 2.61 bits per heavy atom. The average molecular weight is 243 g/mol. The summed E-state index contributed by atoms with van der Waals surface area (Å²) >= 11 is 0. The number of hydrogen-bond donors (Lipinski definition) is 1. The Labute approximate surface area is 105 Å². The highest BCUT2D eigenvalue weighted by atomic mass is 19.1. The maximum Gasteiger partial charge on any atom is 0.248 e. The van der Waals surface area contributed by atoms with Crippen molar-refractivity contribution in [1.29, 1.82) is 0 Å². The van der Waals surface area contributed by atoms with Gasteiger partial charge in [-0.1, -0.05) is 31.2 Å². The minimum atomic E-state index is -0.512. The zero-order valence-electron chi connectivity index (χ0n) is 10.1. The van der Waals surface area contributed by atoms with Crippen molar-refractivity contribution >= 4 is 5.91 Å². The van der Waals surface area contributed by atoms with Crippen molar-refractivity contribution in [2.75, 3.05) is 0 Å². The van der Waals surface area contributed by atoms with E-state index in [-0.39, 0.29) is 5.82 Å². The van der Waals surface area contributed by atoms with Crippen LogP contribution in [0.5, 0.6) is 0 Å². The fourth-order valence-corrected chi connectivity index (χ4v) is 1.85. The van der Waals surface area contributed by atoms with Gasteiger partial charge < -0.3 is 5.73 Å². The minimum Gasteiger partial charge on any atom is -0.366 e. The molecule has 0 spiro atoms. The molecule has 0 saturated carbocycles. The van der Waals surface area contributed by atoms with Crippen molar-refractivity contribution in [2.45, 2.75) is 13.3 Å². The standard InChI is InChI=1S/C15H14FNO/c1-2-10-6-7-13(14(16)8-10)11-4-3-5-12(9-11)15(17)18/h3-9H,2H2,1H3,(H2,17,18). The van der Waals surface area contributed by atoms with Gasteiger partial charge in [-0.2, -0.15) is 0 Å². The Balaban J connectivity index is 2.48. The lowest BCUT2D eigenvalue weighted by Gasteiger charge is -2.06. The molecule has 2 aromatic rings. The van der Waals surface area contributed by atoms with Gasteiger partial charge in [-0.05, 0) is 35.7 Å². The number of hydrogen-bond acceptors (Lipinski definition) is 1. The molecule has 0 unspecified atom stereocenters. The molecule has 18 heavy (non-hydrogen) atoms. The molecule has 0 aliphatic heterocycles. The SMILES string of the molecule is CCc1ccc(-c2cccc(C(N)=O)c2)c(F)c1. The normalized spacial score (nSPS) is 10.3. The molecule has 2 nitrogen and oxygen atoms in total. The van der Waals surface area contributed by atoms with E-state index in [1.54, 1.807) is 30.3 Å². The lowest BCUT2D eigenvalue weighted by molar-refractivity contribution is 0.100. The maximum absolute atomic E-state index is 13.9. The summed E-state index contributed by atoms with van der Waals surface area (Å²) in [6.07, 6.45) is 0.790. The van der Waals surface area contributed by atoms with Crippen molar-refractivity contribution in [1.82, 2.24) is 0 Å². The van der Waals surface area contributed by atoms with Crippen LogP contribution in [0.2, 0.25) is 0 Å². The lowest BCUT2D eigenvalue weighted by Crippen LogP contribution is -2.10. The molecule has 0 atom stereocenters. The van der Waals surface area contributed by atoms with Gasteiger partial charge in [-0.15, -0.1) is 0 Å². The number of amides is 1. The summed E-state index contributed by atoms with van der Waals surface area (Å²) in [6, 6.07) is 11.8. The van der Waals surface area contributed by atoms with Crippen LogP contribution in [0.15, 0.2) is 42.5 Å². The van der Waals surface area contributed by atoms with Crippen LogP contribution in [0, 0.1) is 5.82 Å². The fraction of sp³-hybridized carbons (Fsp3) is 0.133. The van der Waals surface area contributed by atoms with Crippen molar-refractivity contribution < 1.29 is 9.18 Å². The second-order valence-electron chi connectivity index (χ2n) is 4.11. The van der Waals surface area contributed by atoms with Crippen LogP contribution in [0.1, 0.15) is 22.8 Å². The first-order valence-electron chi connectivity index (χ1n) is 5.80. The third-order valence-corrected chi connectivity index (χ3v) is 2.90. The van der Waals surface area contributed by atoms with Crippen LogP contribution in [-0.4, -0.2) is 5.91 Å². The molecule has 3 heteroatoms. The third-order valence-electron chi connectivity index (χ3n) is 2.90. The number of primary amides is 1. The molecule has 2 N–H and O–H groups in total. The minimum absolute atomic E-state index is 0.282. The predicted molar refractivity (Wildman–Crippen MR) is 69.7 cm³/mol. The summed E-state index contributed by atoms with van der Waals surface area (Å²) < 4.78 is 13.9. The highest BCUT2D eigenvalue weighted by molar-refractivity contribution is 5.94. The number of halogens is 1. The second-order valence-corrected chi connectivity index (χ2v) is 4.11. The summed E-state index contributed by atoms with van der Waals surface area (Å²) in [5, 5.41) is 0. The molecule has 1 amide bonds. The molecule has 92 valence electrons. The zero-order valence-corrected chi connectivity index (χ0v) is 10.1. The molecule has 0 bridgehead atoms. The summed E-state index contributed by atoms with van der Waals surface area (Å²) in [5.74, 6) is -0.793. The zero-order chi connectivity index (χ0) is 13.1. The number of rotatable bonds is 3. The van der Waals surface area contributed by atoms with Crippen molar-refractivity contribution in [2.24, 2.45) is 5.73 Å². The van der Waals surface area contributed by atoms with E-state index in [0.717, 1.165) is 12.0 Å². The van der Waals surface area contributed by atoms with Gasteiger partial charge >= 0.3 is 0 Å². The second kappa shape index (κ2) is 5.00. The Bertz CT molecular complexity index is 593. The summed E-state index contributed by atoms with van der Waals surface area (Å²) in [7, 11) is 0. The molecule has 0 saturated heterocycles. The van der Waals surface area contributed by atoms with Crippen LogP contribution in [0.25, 0.3) is 11.1 Å². The van der Waals surface area contributed by atoms with Crippen LogP contribution in [0.3, 0.4) is 0 Å². The van der Waals surface area contributed by atoms with Gasteiger partial charge in [0.05, 0.1) is 0 Å². The van der Waals surface area contributed by atoms with Gasteiger partial charge in [0.25, 0.3) is 0 Å². The molecule has 0 fully saturated rings. The van der Waals surface area contributed by atoms with Crippen LogP contribution >= 0.6 is 0 Å². The largest absolute Gasteiger partial charge is 0.366 e. The van der Waals surface area contributed by atoms with Crippen molar-refractivity contribution in [3.8, 4) is 11.1 Å². The van der Waals surface area contributed by atoms with E-state index >= 15 is 0 Å². The average Bonchev–Trinajstić information content (AvgIpc) is 2.38. The quantitative estimate of drug-likeness (QED) is 0.884. The lowest BCUT2D eigenvalue weighted by atomic mass is 10.0. The Morgan fingerprint density at radius 2 is 2.00 bits per heavy atom. The van der Waals surface area contributed by atoms with Gasteiger partial charge in [0.2, 0.25) is 5.91 Å². The van der Waals surface area contributed by atoms with Crippen molar-refractivity contribution in [3.63, 3.8) is 0 Å². The number of aryl methyl sites for hydroxylation is 1. The highest BCUT2D eigenvalue weighted by Crippen LogP contribution is 2.24. The Hall–Kier alpha value is -2.16. The topological polar surface area (TPSA) is 43.1 Å². The summed E-state index contributed by atoms with van der Waals surface area (Å²) in [5.41, 5.74) is 7.68. The van der Waals surface area contributed by atoms with Crippen molar-refractivity contribution in [3.05, 3.63) is 59.4 Å². The summed E-state index contributed by atoms with van der Waals surface area (Å²) in [6.45, 7) is 1.97. The maximum atomic E-state index is 13.9. The smallest absolute Gasteiger partial charge is 0.248 e. The van der Waals surface area contributed by atoms with Gasteiger partial charge in [-0.25, -0.2) is 4.39 Å². The molecule has 0 aromatic heterocycles. The predicted octanol–water partition coefficient (Wildman–Crippen LogP) is 3.15. The first-order valence-corrected chi connectivity index (χ1v) is 5.80. The first-order chi connectivity index (χ1) is 8.61. The Morgan fingerprint density at radius 1 is 1.22 bits per heavy atom. The van der Waals surface area contributed by atoms with Gasteiger partial charge in [0, 0.05) is 11.1 Å². The molecule has 0 radical (unpaired) electrons. The van der Waals surface area contributed by atoms with E-state index in [1.165, 1.54) is 6.07 Å². The molecular weight excluding hydrogens is 229 g/mol. The van der Waals surface area contributed by atoms with E-state index in [9.17, 15) is 9.18 Å². The van der Waals surface area contributed by atoms with E-state index in [4.69, 9.17) is 5.73 Å². The number of nitrogens with two attached hydrogens (primary N) is 1. The van der Waals surface area contributed by atoms with Gasteiger partial charge in [0.1, 0.15) is 5.82 Å². The van der Waals surface area contributed by atoms with E-state index in [0.29, 0.717) is 16.7 Å². The molecule has 2 aromatic carbocycles. The third kappa shape index (κ3) is 2.40. The van der Waals surface area contributed by atoms with Gasteiger partial charge in [-0.3, -0.25) is 4.79 Å². The van der Waals surface area contributed by atoms with Crippen LogP contribution in [0.4, 0.5) is 4.39 Å². The molecule has 0 aliphatic rings. The van der Waals surface area contributed by atoms with Crippen LogP contribution < -0.4 is 5.73 Å². The highest BCUT2D eigenvalue weighted by Gasteiger charge is 2.08. The number of carbonyl (C=O) groups excluding carboxylic acids is 1. The monoisotopic (exact) mass is 243 g/mol.